The second-order valence-corrected chi connectivity index (χ2v) is 12.9. The van der Waals surface area contributed by atoms with Gasteiger partial charge in [-0.25, -0.2) is 9.59 Å². The van der Waals surface area contributed by atoms with Crippen LogP contribution in [0.4, 0.5) is 0 Å². The first-order valence-corrected chi connectivity index (χ1v) is 17.7. The number of nitrogens with zero attached hydrogens (tertiary/aromatic N) is 1. The number of hydrogen-bond donors (Lipinski definition) is 0. The number of carbonyl (C=O) groups is 3. The van der Waals surface area contributed by atoms with E-state index in [1.54, 1.807) is 72.8 Å². The molecule has 0 N–H and O–H groups in total. The molecule has 0 unspecified atom stereocenters. The van der Waals surface area contributed by atoms with Crippen LogP contribution in [0.5, 0.6) is 17.2 Å². The predicted molar refractivity (Wildman–Crippen MR) is 179 cm³/mol. The summed E-state index contributed by atoms with van der Waals surface area (Å²) >= 11 is 3.74. The van der Waals surface area contributed by atoms with Crippen LogP contribution in [0.25, 0.3) is 0 Å². The summed E-state index contributed by atoms with van der Waals surface area (Å²) < 4.78 is 16.8. The number of unbranched alkanes of at least 4 members (excludes halogenated alkanes) is 5. The highest BCUT2D eigenvalue weighted by atomic mass is 32.2. The molecule has 1 aliphatic rings. The van der Waals surface area contributed by atoms with Crippen molar-refractivity contribution >= 4 is 41.4 Å². The molecule has 234 valence electrons. The van der Waals surface area contributed by atoms with Gasteiger partial charge in [0.15, 0.2) is 0 Å². The molecule has 0 atom stereocenters. The number of rotatable bonds is 13. The molecule has 7 nitrogen and oxygen atoms in total. The summed E-state index contributed by atoms with van der Waals surface area (Å²) in [6.45, 7) is 4.33. The van der Waals surface area contributed by atoms with E-state index in [9.17, 15) is 14.4 Å². The normalized spacial score (nSPS) is 13.7. The van der Waals surface area contributed by atoms with Crippen molar-refractivity contribution in [3.05, 3.63) is 89.5 Å². The van der Waals surface area contributed by atoms with Gasteiger partial charge in [-0.05, 0) is 79.2 Å². The van der Waals surface area contributed by atoms with E-state index < -0.39 is 11.9 Å². The fourth-order valence-corrected chi connectivity index (χ4v) is 6.64. The first-order chi connectivity index (χ1) is 21.5. The van der Waals surface area contributed by atoms with Gasteiger partial charge in [0.25, 0.3) is 5.91 Å². The van der Waals surface area contributed by atoms with Gasteiger partial charge in [0.2, 0.25) is 0 Å². The maximum atomic E-state index is 13.0. The second-order valence-electron chi connectivity index (χ2n) is 10.5. The first-order valence-electron chi connectivity index (χ1n) is 15.4. The number of esters is 2. The molecule has 1 saturated heterocycles. The largest absolute Gasteiger partial charge is 0.494 e. The summed E-state index contributed by atoms with van der Waals surface area (Å²) in [6, 6.07) is 19.7. The van der Waals surface area contributed by atoms with E-state index in [0.717, 1.165) is 54.7 Å². The Kier molecular flexibility index (Phi) is 14.0. The van der Waals surface area contributed by atoms with Crippen LogP contribution in [0.1, 0.15) is 76.5 Å². The Morgan fingerprint density at radius 2 is 1.05 bits per heavy atom. The van der Waals surface area contributed by atoms with Gasteiger partial charge in [-0.3, -0.25) is 4.79 Å². The monoisotopic (exact) mass is 635 g/mol. The highest BCUT2D eigenvalue weighted by Gasteiger charge is 2.17. The lowest BCUT2D eigenvalue weighted by molar-refractivity contribution is 0.0730. The third kappa shape index (κ3) is 10.9. The molecule has 4 rings (SSSR count). The van der Waals surface area contributed by atoms with Gasteiger partial charge in [0.1, 0.15) is 17.2 Å². The lowest BCUT2D eigenvalue weighted by Gasteiger charge is -2.21. The highest BCUT2D eigenvalue weighted by molar-refractivity contribution is 8.02. The summed E-state index contributed by atoms with van der Waals surface area (Å²) in [5, 5.41) is 0. The van der Waals surface area contributed by atoms with Crippen molar-refractivity contribution < 1.29 is 28.6 Å². The molecule has 1 amide bonds. The van der Waals surface area contributed by atoms with Crippen LogP contribution in [0, 0.1) is 0 Å². The molecule has 9 heteroatoms. The molecular formula is C35H41NO6S2. The van der Waals surface area contributed by atoms with Crippen molar-refractivity contribution in [1.29, 1.82) is 0 Å². The van der Waals surface area contributed by atoms with E-state index in [1.165, 1.54) is 25.7 Å². The van der Waals surface area contributed by atoms with E-state index in [0.29, 0.717) is 34.8 Å². The molecule has 0 bridgehead atoms. The van der Waals surface area contributed by atoms with E-state index >= 15 is 0 Å². The third-order valence-electron chi connectivity index (χ3n) is 7.14. The molecular weight excluding hydrogens is 595 g/mol. The van der Waals surface area contributed by atoms with E-state index in [2.05, 4.69) is 6.92 Å². The fraction of sp³-hybridized carbons (Fsp3) is 0.400. The summed E-state index contributed by atoms with van der Waals surface area (Å²) in [5.74, 6) is 4.42. The van der Waals surface area contributed by atoms with Crippen LogP contribution in [0.2, 0.25) is 0 Å². The maximum Gasteiger partial charge on any atom is 0.343 e. The SMILES string of the molecule is CCCCCCCCOc1ccc(C(=O)Oc2ccc(C(=O)Oc3ccc(C(=O)N4CCSCCSCC4)cc3)cc2)cc1. The van der Waals surface area contributed by atoms with Gasteiger partial charge < -0.3 is 19.1 Å². The molecule has 3 aromatic rings. The van der Waals surface area contributed by atoms with Gasteiger partial charge in [-0.15, -0.1) is 0 Å². The average Bonchev–Trinajstić information content (AvgIpc) is 3.19. The number of thioether (sulfide) groups is 2. The van der Waals surface area contributed by atoms with Gasteiger partial charge in [0.05, 0.1) is 17.7 Å². The number of ether oxygens (including phenoxy) is 3. The van der Waals surface area contributed by atoms with Crippen molar-refractivity contribution in [2.75, 3.05) is 42.7 Å². The van der Waals surface area contributed by atoms with Crippen LogP contribution in [-0.4, -0.2) is 65.5 Å². The Balaban J connectivity index is 1.22. The minimum atomic E-state index is -0.549. The van der Waals surface area contributed by atoms with Crippen LogP contribution in [0.15, 0.2) is 72.8 Å². The molecule has 0 aliphatic carbocycles. The molecule has 44 heavy (non-hydrogen) atoms. The van der Waals surface area contributed by atoms with Crippen molar-refractivity contribution in [2.45, 2.75) is 45.4 Å². The van der Waals surface area contributed by atoms with Crippen molar-refractivity contribution in [2.24, 2.45) is 0 Å². The standard InChI is InChI=1S/C35H41NO6S2/c1-2-3-4-5-6-7-22-40-30-14-10-28(11-15-30)34(38)42-32-18-12-29(13-19-32)35(39)41-31-16-8-27(9-17-31)33(37)36-20-23-43-25-26-44-24-21-36/h8-19H,2-7,20-26H2,1H3. The minimum Gasteiger partial charge on any atom is -0.494 e. The van der Waals surface area contributed by atoms with Gasteiger partial charge in [-0.2, -0.15) is 23.5 Å². The Labute approximate surface area is 269 Å². The van der Waals surface area contributed by atoms with Gasteiger partial charge in [-0.1, -0.05) is 39.0 Å². The third-order valence-corrected chi connectivity index (χ3v) is 9.33. The predicted octanol–water partition coefficient (Wildman–Crippen LogP) is 7.79. The smallest absolute Gasteiger partial charge is 0.343 e. The molecule has 1 heterocycles. The summed E-state index contributed by atoms with van der Waals surface area (Å²) in [6.07, 6.45) is 7.21. The van der Waals surface area contributed by atoms with Gasteiger partial charge in [0, 0.05) is 41.7 Å². The first kappa shape index (κ1) is 33.5. The molecule has 3 aromatic carbocycles. The zero-order valence-corrected chi connectivity index (χ0v) is 27.0. The van der Waals surface area contributed by atoms with Gasteiger partial charge >= 0.3 is 11.9 Å². The Hall–Kier alpha value is -3.43. The second kappa shape index (κ2) is 18.4. The van der Waals surface area contributed by atoms with Crippen LogP contribution < -0.4 is 14.2 Å². The summed E-state index contributed by atoms with van der Waals surface area (Å²) in [5.41, 5.74) is 1.28. The molecule has 1 fully saturated rings. The minimum absolute atomic E-state index is 0.0103. The van der Waals surface area contributed by atoms with Crippen molar-refractivity contribution in [3.63, 3.8) is 0 Å². The van der Waals surface area contributed by atoms with E-state index in [4.69, 9.17) is 14.2 Å². The number of benzene rings is 3. The number of amides is 1. The fourth-order valence-electron chi connectivity index (χ4n) is 4.59. The summed E-state index contributed by atoms with van der Waals surface area (Å²) in [7, 11) is 0. The lowest BCUT2D eigenvalue weighted by Crippen LogP contribution is -2.34. The number of hydrogen-bond acceptors (Lipinski definition) is 8. The molecule has 0 aromatic heterocycles. The van der Waals surface area contributed by atoms with Crippen LogP contribution in [-0.2, 0) is 0 Å². The molecule has 0 saturated carbocycles. The van der Waals surface area contributed by atoms with E-state index in [1.807, 2.05) is 28.4 Å². The van der Waals surface area contributed by atoms with Crippen LogP contribution >= 0.6 is 23.5 Å². The van der Waals surface area contributed by atoms with Crippen molar-refractivity contribution in [1.82, 2.24) is 4.90 Å². The average molecular weight is 636 g/mol. The zero-order chi connectivity index (χ0) is 31.0. The highest BCUT2D eigenvalue weighted by Crippen LogP contribution is 2.20. The Morgan fingerprint density at radius 3 is 1.57 bits per heavy atom. The number of carbonyl (C=O) groups excluding carboxylic acids is 3. The molecule has 1 aliphatic heterocycles. The maximum absolute atomic E-state index is 13.0. The molecule has 0 spiro atoms. The topological polar surface area (TPSA) is 82.1 Å². The quantitative estimate of drug-likeness (QED) is 0.107. The zero-order valence-electron chi connectivity index (χ0n) is 25.3. The molecule has 0 radical (unpaired) electrons. The lowest BCUT2D eigenvalue weighted by atomic mass is 10.1. The summed E-state index contributed by atoms with van der Waals surface area (Å²) in [4.78, 5) is 40.2. The van der Waals surface area contributed by atoms with Crippen LogP contribution in [0.3, 0.4) is 0 Å². The van der Waals surface area contributed by atoms with E-state index in [-0.39, 0.29) is 5.91 Å². The Bertz CT molecular complexity index is 1320. The van der Waals surface area contributed by atoms with Crippen molar-refractivity contribution in [3.8, 4) is 17.2 Å². The Morgan fingerprint density at radius 1 is 0.591 bits per heavy atom.